The summed E-state index contributed by atoms with van der Waals surface area (Å²) in [6.07, 6.45) is 2.04. The van der Waals surface area contributed by atoms with Gasteiger partial charge in [-0.05, 0) is 42.7 Å². The molecule has 0 atom stereocenters. The van der Waals surface area contributed by atoms with E-state index >= 15 is 0 Å². The van der Waals surface area contributed by atoms with Gasteiger partial charge in [-0.15, -0.1) is 0 Å². The van der Waals surface area contributed by atoms with Crippen LogP contribution in [-0.2, 0) is 21.4 Å². The molecule has 2 aliphatic heterocycles. The molecule has 0 aromatic heterocycles. The van der Waals surface area contributed by atoms with E-state index in [0.717, 1.165) is 35.8 Å². The second-order valence-corrected chi connectivity index (χ2v) is 10.1. The molecule has 0 unspecified atom stereocenters. The van der Waals surface area contributed by atoms with Crippen molar-refractivity contribution in [3.63, 3.8) is 0 Å². The number of nitrogens with one attached hydrogen (secondary N) is 1. The van der Waals surface area contributed by atoms with Crippen molar-refractivity contribution in [3.8, 4) is 11.5 Å². The molecule has 2 aromatic carbocycles. The van der Waals surface area contributed by atoms with Gasteiger partial charge in [0.2, 0.25) is 15.9 Å². The molecule has 4 rings (SSSR count). The number of hydrogen-bond donors (Lipinski definition) is 1. The van der Waals surface area contributed by atoms with Gasteiger partial charge in [0.1, 0.15) is 13.2 Å². The molecular formula is C23H27N3O6S. The highest BCUT2D eigenvalue weighted by Crippen LogP contribution is 2.32. The van der Waals surface area contributed by atoms with E-state index in [4.69, 9.17) is 9.47 Å². The summed E-state index contributed by atoms with van der Waals surface area (Å²) in [6, 6.07) is 11.5. The van der Waals surface area contributed by atoms with Gasteiger partial charge in [-0.1, -0.05) is 12.1 Å². The van der Waals surface area contributed by atoms with Gasteiger partial charge in [-0.2, -0.15) is 4.31 Å². The Hall–Kier alpha value is -3.11. The molecule has 0 bridgehead atoms. The Morgan fingerprint density at radius 1 is 1.03 bits per heavy atom. The third kappa shape index (κ3) is 5.28. The van der Waals surface area contributed by atoms with E-state index in [-0.39, 0.29) is 23.9 Å². The topological polar surface area (TPSA) is 105 Å². The molecule has 2 heterocycles. The molecule has 0 spiro atoms. The molecular weight excluding hydrogens is 446 g/mol. The van der Waals surface area contributed by atoms with Crippen LogP contribution in [0.4, 0.5) is 0 Å². The largest absolute Gasteiger partial charge is 0.486 e. The molecule has 1 N–H and O–H groups in total. The minimum atomic E-state index is -3.89. The zero-order valence-corrected chi connectivity index (χ0v) is 19.3. The van der Waals surface area contributed by atoms with Crippen LogP contribution in [0.25, 0.3) is 0 Å². The van der Waals surface area contributed by atoms with Gasteiger partial charge in [-0.3, -0.25) is 9.59 Å². The van der Waals surface area contributed by atoms with E-state index in [1.54, 1.807) is 24.3 Å². The van der Waals surface area contributed by atoms with Gasteiger partial charge in [0, 0.05) is 38.3 Å². The number of carbonyl (C=O) groups excluding carboxylic acids is 2. The highest BCUT2D eigenvalue weighted by atomic mass is 32.2. The Morgan fingerprint density at radius 3 is 2.52 bits per heavy atom. The fraction of sp³-hybridized carbons (Fsp3) is 0.391. The lowest BCUT2D eigenvalue weighted by molar-refractivity contribution is -0.121. The Labute approximate surface area is 193 Å². The predicted molar refractivity (Wildman–Crippen MR) is 121 cm³/mol. The summed E-state index contributed by atoms with van der Waals surface area (Å²) < 4.78 is 37.6. The number of ether oxygens (including phenoxy) is 2. The van der Waals surface area contributed by atoms with E-state index in [1.165, 1.54) is 19.2 Å². The minimum Gasteiger partial charge on any atom is -0.486 e. The summed E-state index contributed by atoms with van der Waals surface area (Å²) in [4.78, 5) is 26.8. The molecule has 1 fully saturated rings. The third-order valence-electron chi connectivity index (χ3n) is 5.64. The highest BCUT2D eigenvalue weighted by Gasteiger charge is 2.25. The monoisotopic (exact) mass is 473 g/mol. The first kappa shape index (κ1) is 23.1. The van der Waals surface area contributed by atoms with Crippen molar-refractivity contribution >= 4 is 21.8 Å². The standard InChI is InChI=1S/C23H27N3O6S/c1-25(33(29,30)19-7-8-20-21(14-19)32-12-11-31-20)16-22(27)24-15-17-5-4-6-18(13-17)23(28)26-9-2-3-10-26/h4-8,13-14H,2-3,9-12,15-16H2,1H3,(H,24,27). The van der Waals surface area contributed by atoms with Crippen molar-refractivity contribution < 1.29 is 27.5 Å². The maximum absolute atomic E-state index is 12.9. The fourth-order valence-electron chi connectivity index (χ4n) is 3.82. The van der Waals surface area contributed by atoms with Crippen LogP contribution in [0.5, 0.6) is 11.5 Å². The Bertz CT molecular complexity index is 1140. The molecule has 0 saturated carbocycles. The number of carbonyl (C=O) groups is 2. The second-order valence-electron chi connectivity index (χ2n) is 8.04. The smallest absolute Gasteiger partial charge is 0.253 e. The molecule has 1 saturated heterocycles. The maximum Gasteiger partial charge on any atom is 0.253 e. The van der Waals surface area contributed by atoms with Crippen molar-refractivity contribution in [1.29, 1.82) is 0 Å². The van der Waals surface area contributed by atoms with Crippen LogP contribution < -0.4 is 14.8 Å². The van der Waals surface area contributed by atoms with Crippen molar-refractivity contribution in [2.75, 3.05) is 39.9 Å². The van der Waals surface area contributed by atoms with E-state index in [1.807, 2.05) is 11.0 Å². The van der Waals surface area contributed by atoms with Crippen LogP contribution in [0, 0.1) is 0 Å². The Balaban J connectivity index is 1.35. The van der Waals surface area contributed by atoms with E-state index in [0.29, 0.717) is 30.3 Å². The second kappa shape index (κ2) is 9.80. The Kier molecular flexibility index (Phi) is 6.85. The number of benzene rings is 2. The number of likely N-dealkylation sites (tertiary alicyclic amines) is 1. The average Bonchev–Trinajstić information content (AvgIpc) is 3.37. The molecule has 0 aliphatic carbocycles. The fourth-order valence-corrected chi connectivity index (χ4v) is 4.97. The van der Waals surface area contributed by atoms with Crippen LogP contribution in [0.15, 0.2) is 47.4 Å². The molecule has 10 heteroatoms. The van der Waals surface area contributed by atoms with Crippen molar-refractivity contribution in [1.82, 2.24) is 14.5 Å². The summed E-state index contributed by atoms with van der Waals surface area (Å²) >= 11 is 0. The van der Waals surface area contributed by atoms with Gasteiger partial charge in [0.25, 0.3) is 5.91 Å². The maximum atomic E-state index is 12.9. The molecule has 2 aliphatic rings. The summed E-state index contributed by atoms with van der Waals surface area (Å²) in [5, 5.41) is 2.72. The summed E-state index contributed by atoms with van der Waals surface area (Å²) in [7, 11) is -2.54. The quantitative estimate of drug-likeness (QED) is 0.655. The molecule has 0 radical (unpaired) electrons. The van der Waals surface area contributed by atoms with Crippen molar-refractivity contribution in [2.45, 2.75) is 24.3 Å². The average molecular weight is 474 g/mol. The van der Waals surface area contributed by atoms with Crippen LogP contribution >= 0.6 is 0 Å². The number of likely N-dealkylation sites (N-methyl/N-ethyl adjacent to an activating group) is 1. The molecule has 2 amide bonds. The zero-order valence-electron chi connectivity index (χ0n) is 18.5. The highest BCUT2D eigenvalue weighted by molar-refractivity contribution is 7.89. The zero-order chi connectivity index (χ0) is 23.4. The number of hydrogen-bond acceptors (Lipinski definition) is 6. The summed E-state index contributed by atoms with van der Waals surface area (Å²) in [5.74, 6) is 0.399. The lowest BCUT2D eigenvalue weighted by Crippen LogP contribution is -2.38. The third-order valence-corrected chi connectivity index (χ3v) is 7.44. The lowest BCUT2D eigenvalue weighted by atomic mass is 10.1. The van der Waals surface area contributed by atoms with Gasteiger partial charge in [0.05, 0.1) is 11.4 Å². The number of nitrogens with zero attached hydrogens (tertiary/aromatic N) is 2. The van der Waals surface area contributed by atoms with Gasteiger partial charge in [-0.25, -0.2) is 8.42 Å². The molecule has 33 heavy (non-hydrogen) atoms. The first-order chi connectivity index (χ1) is 15.8. The van der Waals surface area contributed by atoms with Crippen LogP contribution in [0.2, 0.25) is 0 Å². The Morgan fingerprint density at radius 2 is 1.76 bits per heavy atom. The molecule has 176 valence electrons. The SMILES string of the molecule is CN(CC(=O)NCc1cccc(C(=O)N2CCCC2)c1)S(=O)(=O)c1ccc2c(c1)OCCO2. The van der Waals surface area contributed by atoms with Crippen molar-refractivity contribution in [2.24, 2.45) is 0 Å². The first-order valence-electron chi connectivity index (χ1n) is 10.9. The van der Waals surface area contributed by atoms with Crippen LogP contribution in [0.1, 0.15) is 28.8 Å². The van der Waals surface area contributed by atoms with Crippen LogP contribution in [-0.4, -0.2) is 69.3 Å². The number of rotatable bonds is 7. The lowest BCUT2D eigenvalue weighted by Gasteiger charge is -2.21. The van der Waals surface area contributed by atoms with Gasteiger partial charge < -0.3 is 19.7 Å². The molecule has 2 aromatic rings. The first-order valence-corrected chi connectivity index (χ1v) is 12.3. The normalized spacial score (nSPS) is 15.5. The van der Waals surface area contributed by atoms with Gasteiger partial charge in [0.15, 0.2) is 11.5 Å². The van der Waals surface area contributed by atoms with Crippen molar-refractivity contribution in [3.05, 3.63) is 53.6 Å². The minimum absolute atomic E-state index is 0.00840. The van der Waals surface area contributed by atoms with Gasteiger partial charge >= 0.3 is 0 Å². The van der Waals surface area contributed by atoms with E-state index in [2.05, 4.69) is 5.32 Å². The number of sulfonamides is 1. The molecule has 9 nitrogen and oxygen atoms in total. The van der Waals surface area contributed by atoms with E-state index < -0.39 is 15.9 Å². The summed E-state index contributed by atoms with van der Waals surface area (Å²) in [5.41, 5.74) is 1.35. The predicted octanol–water partition coefficient (Wildman–Crippen LogP) is 1.63. The van der Waals surface area contributed by atoms with Crippen LogP contribution in [0.3, 0.4) is 0 Å². The van der Waals surface area contributed by atoms with E-state index in [9.17, 15) is 18.0 Å². The summed E-state index contributed by atoms with van der Waals surface area (Å²) in [6.45, 7) is 2.14. The number of amides is 2. The number of fused-ring (bicyclic) bond motifs is 1.